The van der Waals surface area contributed by atoms with Gasteiger partial charge in [0.05, 0.1) is 0 Å². The average Bonchev–Trinajstić information content (AvgIpc) is 2.63. The van der Waals surface area contributed by atoms with Crippen LogP contribution in [0.2, 0.25) is 0 Å². The molecule has 0 spiro atoms. The number of aromatic nitrogens is 2. The molecule has 0 aliphatic carbocycles. The van der Waals surface area contributed by atoms with Crippen molar-refractivity contribution in [2.24, 2.45) is 7.05 Å². The predicted molar refractivity (Wildman–Crippen MR) is 80.9 cm³/mol. The van der Waals surface area contributed by atoms with E-state index in [0.717, 1.165) is 16.7 Å². The van der Waals surface area contributed by atoms with Crippen LogP contribution in [0.25, 0.3) is 5.54 Å². The van der Waals surface area contributed by atoms with Gasteiger partial charge >= 0.3 is 118 Å². The Balaban J connectivity index is 2.96. The van der Waals surface area contributed by atoms with Gasteiger partial charge in [0.15, 0.2) is 0 Å². The van der Waals surface area contributed by atoms with Crippen LogP contribution < -0.4 is 5.56 Å². The number of fused-ring (bicyclic) bond motifs is 1. The predicted octanol–water partition coefficient (Wildman–Crippen LogP) is 0.857. The first-order valence-electron chi connectivity index (χ1n) is 6.62. The molecule has 0 saturated heterocycles. The monoisotopic (exact) mass is 273 g/mol. The fraction of sp³-hybridized carbons (Fsp3) is 0.500. The van der Waals surface area contributed by atoms with E-state index in [2.05, 4.69) is 0 Å². The number of ketones is 1. The maximum atomic E-state index is 12.7. The Kier molecular flexibility index (Phi) is 3.69. The van der Waals surface area contributed by atoms with E-state index in [0.29, 0.717) is 12.2 Å². The minimum atomic E-state index is -0.215. The second kappa shape index (κ2) is 5.02. The molecule has 20 heavy (non-hydrogen) atoms. The van der Waals surface area contributed by atoms with E-state index in [4.69, 9.17) is 0 Å². The van der Waals surface area contributed by atoms with E-state index in [-0.39, 0.29) is 16.9 Å². The number of nitrogens with zero attached hydrogens (tertiary/aromatic N) is 3. The van der Waals surface area contributed by atoms with Gasteiger partial charge in [-0.25, -0.2) is 0 Å². The Morgan fingerprint density at radius 2 is 1.90 bits per heavy atom. The summed E-state index contributed by atoms with van der Waals surface area (Å²) in [6.07, 6.45) is 0. The molecule has 2 rings (SSSR count). The van der Waals surface area contributed by atoms with Gasteiger partial charge in [0, 0.05) is 0 Å². The Labute approximate surface area is 119 Å². The topological polar surface area (TPSA) is 46.7 Å². The number of aryl methyl sites for hydroxylation is 2. The molecule has 6 heteroatoms. The van der Waals surface area contributed by atoms with Gasteiger partial charge in [0.2, 0.25) is 0 Å². The molecule has 0 aliphatic rings. The number of rotatable bonds is 3. The normalized spacial score (nSPS) is 11.3. The molecule has 106 valence electrons. The van der Waals surface area contributed by atoms with Crippen molar-refractivity contribution in [3.8, 4) is 0 Å². The molecule has 0 amide bonds. The first kappa shape index (κ1) is 14.7. The summed E-state index contributed by atoms with van der Waals surface area (Å²) in [4.78, 5) is 26.5. The Bertz CT molecular complexity index is 756. The van der Waals surface area contributed by atoms with Gasteiger partial charge in [-0.05, 0) is 0 Å². The third kappa shape index (κ3) is 2.14. The molecule has 0 unspecified atom stereocenters. The van der Waals surface area contributed by atoms with Gasteiger partial charge in [-0.3, -0.25) is 0 Å². The molecular weight excluding hydrogens is 253 g/mol. The van der Waals surface area contributed by atoms with Crippen LogP contribution in [-0.2, 0) is 13.6 Å². The van der Waals surface area contributed by atoms with Crippen molar-refractivity contribution in [2.75, 3.05) is 14.1 Å². The number of carbonyl (C=O) groups is 1. The molecule has 2 aromatic rings. The van der Waals surface area contributed by atoms with Crippen molar-refractivity contribution < 1.29 is 4.79 Å². The van der Waals surface area contributed by atoms with Gasteiger partial charge < -0.3 is 0 Å². The molecule has 5 nitrogen and oxygen atoms in total. The molecular formula is C14H20BN3O2. The Hall–Kier alpha value is -1.69. The number of Topliss-reactive ketones (excluding diaryl/α,β-unsaturated/α-hetero) is 1. The number of hydrogen-bond acceptors (Lipinski definition) is 3. The van der Waals surface area contributed by atoms with E-state index in [9.17, 15) is 9.59 Å². The first-order valence-corrected chi connectivity index (χ1v) is 6.62. The van der Waals surface area contributed by atoms with Crippen LogP contribution in [0.3, 0.4) is 0 Å². The molecule has 0 aromatic carbocycles. The van der Waals surface area contributed by atoms with Crippen LogP contribution in [0.1, 0.15) is 34.1 Å². The summed E-state index contributed by atoms with van der Waals surface area (Å²) in [6.45, 7) is 7.91. The van der Waals surface area contributed by atoms with Gasteiger partial charge in [-0.15, -0.1) is 0 Å². The van der Waals surface area contributed by atoms with E-state index in [1.165, 1.54) is 6.92 Å². The van der Waals surface area contributed by atoms with Crippen molar-refractivity contribution in [3.63, 3.8) is 0 Å². The third-order valence-electron chi connectivity index (χ3n) is 3.74. The summed E-state index contributed by atoms with van der Waals surface area (Å²) in [6, 6.07) is 0. The summed E-state index contributed by atoms with van der Waals surface area (Å²) in [7, 11) is 5.81. The molecule has 0 fully saturated rings. The molecule has 0 atom stereocenters. The summed E-state index contributed by atoms with van der Waals surface area (Å²) < 4.78 is 3.57. The second-order valence-corrected chi connectivity index (χ2v) is 5.59. The quantitative estimate of drug-likeness (QED) is 0.779. The van der Waals surface area contributed by atoms with E-state index in [1.807, 2.05) is 51.4 Å². The second-order valence-electron chi connectivity index (χ2n) is 5.59. The van der Waals surface area contributed by atoms with Crippen LogP contribution in [0.15, 0.2) is 4.79 Å². The summed E-state index contributed by atoms with van der Waals surface area (Å²) in [5, 5.41) is 0. The zero-order valence-electron chi connectivity index (χ0n) is 12.9. The van der Waals surface area contributed by atoms with Gasteiger partial charge in [-0.1, -0.05) is 0 Å². The van der Waals surface area contributed by atoms with Gasteiger partial charge in [0.1, 0.15) is 0 Å². The fourth-order valence-corrected chi connectivity index (χ4v) is 2.64. The summed E-state index contributed by atoms with van der Waals surface area (Å²) in [5.74, 6) is -0.188. The van der Waals surface area contributed by atoms with Crippen LogP contribution in [0.5, 0.6) is 0 Å². The minimum absolute atomic E-state index is 0.188. The Morgan fingerprint density at radius 1 is 1.30 bits per heavy atom. The molecule has 2 aromatic heterocycles. The summed E-state index contributed by atoms with van der Waals surface area (Å²) in [5.41, 5.74) is 3.60. The first-order chi connectivity index (χ1) is 9.25. The molecule has 0 radical (unpaired) electrons. The van der Waals surface area contributed by atoms with Crippen LogP contribution in [0.4, 0.5) is 0 Å². The van der Waals surface area contributed by atoms with E-state index in [1.54, 1.807) is 4.40 Å². The zero-order chi connectivity index (χ0) is 15.2. The molecule has 0 aliphatic heterocycles. The van der Waals surface area contributed by atoms with Crippen LogP contribution >= 0.6 is 0 Å². The van der Waals surface area contributed by atoms with Crippen molar-refractivity contribution in [1.82, 2.24) is 13.9 Å². The fourth-order valence-electron chi connectivity index (χ4n) is 2.64. The SMILES string of the molecule is CC(=O)c1c(C)n(C)c2bc(C)c(CN(C)C)n2c1=O. The zero-order valence-corrected chi connectivity index (χ0v) is 12.9. The molecule has 0 N–H and O–H groups in total. The molecule has 0 bridgehead atoms. The Morgan fingerprint density at radius 3 is 2.40 bits per heavy atom. The average molecular weight is 273 g/mol. The third-order valence-corrected chi connectivity index (χ3v) is 3.74. The van der Waals surface area contributed by atoms with Crippen molar-refractivity contribution in [2.45, 2.75) is 27.3 Å². The van der Waals surface area contributed by atoms with E-state index >= 15 is 0 Å². The standard InChI is InChI=1S/C14H20BN3O2/c1-8-11(7-16(4)5)18-13(20)12(10(3)19)9(2)17(6)14(18)15-8/h7H2,1-6H3. The summed E-state index contributed by atoms with van der Waals surface area (Å²) >= 11 is 0. The van der Waals surface area contributed by atoms with Crippen LogP contribution in [-0.4, -0.2) is 40.7 Å². The van der Waals surface area contributed by atoms with Gasteiger partial charge in [0.25, 0.3) is 0 Å². The number of hydrogen-bond donors (Lipinski definition) is 0. The van der Waals surface area contributed by atoms with Crippen LogP contribution in [0, 0.1) is 13.8 Å². The van der Waals surface area contributed by atoms with Crippen molar-refractivity contribution in [1.29, 1.82) is 0 Å². The number of carbonyl (C=O) groups excluding carboxylic acids is 1. The van der Waals surface area contributed by atoms with Crippen molar-refractivity contribution >= 4 is 18.2 Å². The van der Waals surface area contributed by atoms with Gasteiger partial charge in [-0.2, -0.15) is 0 Å². The molecule has 2 heterocycles. The maximum absolute atomic E-state index is 12.7. The molecule has 0 saturated carbocycles. The van der Waals surface area contributed by atoms with E-state index < -0.39 is 0 Å². The van der Waals surface area contributed by atoms with Crippen molar-refractivity contribution in [3.05, 3.63) is 32.8 Å².